The molecule has 106 valence electrons. The van der Waals surface area contributed by atoms with Crippen LogP contribution < -0.4 is 11.5 Å². The molecule has 0 aliphatic carbocycles. The Labute approximate surface area is 122 Å². The average Bonchev–Trinajstić information content (AvgIpc) is 2.87. The number of nitrogen functional groups attached to an aromatic ring is 2. The monoisotopic (exact) mass is 280 g/mol. The Bertz CT molecular complexity index is 785. The molecule has 0 aliphatic heterocycles. The van der Waals surface area contributed by atoms with Crippen LogP contribution in [0.3, 0.4) is 0 Å². The highest BCUT2D eigenvalue weighted by atomic mass is 15.5. The predicted molar refractivity (Wildman–Crippen MR) is 82.9 cm³/mol. The summed E-state index contributed by atoms with van der Waals surface area (Å²) in [5, 5.41) is 12.0. The molecule has 2 aromatic carbocycles. The second-order valence-corrected chi connectivity index (χ2v) is 5.00. The van der Waals surface area contributed by atoms with E-state index >= 15 is 0 Å². The third-order valence-electron chi connectivity index (χ3n) is 3.44. The van der Waals surface area contributed by atoms with Crippen molar-refractivity contribution in [3.63, 3.8) is 0 Å². The first-order valence-electron chi connectivity index (χ1n) is 6.58. The highest BCUT2D eigenvalue weighted by molar-refractivity contribution is 5.75. The third-order valence-corrected chi connectivity index (χ3v) is 3.44. The molecule has 3 rings (SSSR count). The lowest BCUT2D eigenvalue weighted by Crippen LogP contribution is -2.05. The zero-order valence-electron chi connectivity index (χ0n) is 11.9. The van der Waals surface area contributed by atoms with Gasteiger partial charge in [0.2, 0.25) is 0 Å². The lowest BCUT2D eigenvalue weighted by atomic mass is 10.1. The van der Waals surface area contributed by atoms with Crippen LogP contribution in [0.15, 0.2) is 36.4 Å². The number of aryl methyl sites for hydroxylation is 2. The summed E-state index contributed by atoms with van der Waals surface area (Å²) < 4.78 is 1.71. The Balaban J connectivity index is 2.22. The molecule has 0 radical (unpaired) electrons. The van der Waals surface area contributed by atoms with Crippen LogP contribution in [-0.4, -0.2) is 20.2 Å². The Morgan fingerprint density at radius 1 is 1.00 bits per heavy atom. The van der Waals surface area contributed by atoms with Gasteiger partial charge in [-0.25, -0.2) is 0 Å². The van der Waals surface area contributed by atoms with Crippen molar-refractivity contribution in [3.8, 4) is 17.1 Å². The van der Waals surface area contributed by atoms with E-state index in [9.17, 15) is 0 Å². The Kier molecular flexibility index (Phi) is 3.06. The number of nitrogens with two attached hydrogens (primary N) is 2. The van der Waals surface area contributed by atoms with E-state index in [2.05, 4.69) is 15.5 Å². The van der Waals surface area contributed by atoms with Gasteiger partial charge in [0.25, 0.3) is 0 Å². The molecule has 0 unspecified atom stereocenters. The molecule has 3 aromatic rings. The number of aromatic nitrogens is 4. The molecule has 0 amide bonds. The highest BCUT2D eigenvalue weighted by Crippen LogP contribution is 2.28. The Hall–Kier alpha value is -2.89. The van der Waals surface area contributed by atoms with E-state index in [0.29, 0.717) is 17.2 Å². The van der Waals surface area contributed by atoms with Gasteiger partial charge in [-0.05, 0) is 53.6 Å². The number of tetrazole rings is 1. The topological polar surface area (TPSA) is 95.6 Å². The van der Waals surface area contributed by atoms with E-state index in [0.717, 1.165) is 22.4 Å². The molecule has 1 heterocycles. The Morgan fingerprint density at radius 3 is 2.38 bits per heavy atom. The van der Waals surface area contributed by atoms with Gasteiger partial charge in [-0.3, -0.25) is 0 Å². The third kappa shape index (κ3) is 2.20. The molecule has 4 N–H and O–H groups in total. The summed E-state index contributed by atoms with van der Waals surface area (Å²) >= 11 is 0. The summed E-state index contributed by atoms with van der Waals surface area (Å²) in [7, 11) is 0. The molecule has 6 nitrogen and oxygen atoms in total. The molecule has 0 bridgehead atoms. The maximum Gasteiger partial charge on any atom is 0.189 e. The second-order valence-electron chi connectivity index (χ2n) is 5.00. The summed E-state index contributed by atoms with van der Waals surface area (Å²) in [6.45, 7) is 4.06. The minimum Gasteiger partial charge on any atom is -0.399 e. The summed E-state index contributed by atoms with van der Waals surface area (Å²) in [5.74, 6) is 0.602. The maximum atomic E-state index is 6.05. The molecule has 0 atom stereocenters. The number of para-hydroxylation sites is 1. The van der Waals surface area contributed by atoms with E-state index in [4.69, 9.17) is 11.5 Å². The van der Waals surface area contributed by atoms with Gasteiger partial charge in [0.1, 0.15) is 0 Å². The van der Waals surface area contributed by atoms with Crippen molar-refractivity contribution in [1.29, 1.82) is 0 Å². The minimum absolute atomic E-state index is 0.553. The summed E-state index contributed by atoms with van der Waals surface area (Å²) in [4.78, 5) is 0. The van der Waals surface area contributed by atoms with Gasteiger partial charge in [0.05, 0.1) is 5.69 Å². The molecule has 0 aliphatic rings. The zero-order chi connectivity index (χ0) is 15.0. The number of anilines is 2. The van der Waals surface area contributed by atoms with E-state index in [1.54, 1.807) is 16.8 Å². The van der Waals surface area contributed by atoms with E-state index in [1.165, 1.54) is 0 Å². The lowest BCUT2D eigenvalue weighted by molar-refractivity contribution is 0.783. The lowest BCUT2D eigenvalue weighted by Gasteiger charge is -2.12. The van der Waals surface area contributed by atoms with Crippen LogP contribution in [0.25, 0.3) is 17.1 Å². The van der Waals surface area contributed by atoms with Crippen molar-refractivity contribution in [2.45, 2.75) is 13.8 Å². The molecule has 6 heteroatoms. The first-order valence-corrected chi connectivity index (χ1v) is 6.58. The number of benzene rings is 2. The van der Waals surface area contributed by atoms with Crippen LogP contribution in [0.2, 0.25) is 0 Å². The largest absolute Gasteiger partial charge is 0.399 e. The molecule has 21 heavy (non-hydrogen) atoms. The number of hydrogen-bond acceptors (Lipinski definition) is 5. The molecular formula is C15H16N6. The van der Waals surface area contributed by atoms with Gasteiger partial charge >= 0.3 is 0 Å². The average molecular weight is 280 g/mol. The molecule has 0 saturated heterocycles. The van der Waals surface area contributed by atoms with Gasteiger partial charge < -0.3 is 11.5 Å². The fraction of sp³-hybridized carbons (Fsp3) is 0.133. The highest BCUT2D eigenvalue weighted by Gasteiger charge is 2.16. The fourth-order valence-electron chi connectivity index (χ4n) is 2.43. The van der Waals surface area contributed by atoms with Crippen molar-refractivity contribution >= 4 is 11.4 Å². The quantitative estimate of drug-likeness (QED) is 0.701. The van der Waals surface area contributed by atoms with Crippen molar-refractivity contribution < 1.29 is 0 Å². The van der Waals surface area contributed by atoms with E-state index in [1.807, 2.05) is 38.1 Å². The molecule has 0 saturated carbocycles. The summed E-state index contributed by atoms with van der Waals surface area (Å²) in [6.07, 6.45) is 0. The smallest absolute Gasteiger partial charge is 0.189 e. The number of hydrogen-bond donors (Lipinski definition) is 2. The normalized spacial score (nSPS) is 10.8. The van der Waals surface area contributed by atoms with Gasteiger partial charge in [0.15, 0.2) is 5.82 Å². The summed E-state index contributed by atoms with van der Waals surface area (Å²) in [5.41, 5.74) is 16.9. The Morgan fingerprint density at radius 2 is 1.71 bits per heavy atom. The van der Waals surface area contributed by atoms with Crippen molar-refractivity contribution in [2.24, 2.45) is 0 Å². The van der Waals surface area contributed by atoms with Crippen LogP contribution >= 0.6 is 0 Å². The standard InChI is InChI=1S/C15H16N6/c1-9-4-3-5-10(2)14(9)21-15(18-19-20-21)12-7-6-11(16)8-13(12)17/h3-8H,16-17H2,1-2H3. The van der Waals surface area contributed by atoms with Gasteiger partial charge in [-0.15, -0.1) is 5.10 Å². The van der Waals surface area contributed by atoms with Gasteiger partial charge in [-0.1, -0.05) is 18.2 Å². The van der Waals surface area contributed by atoms with Crippen LogP contribution in [-0.2, 0) is 0 Å². The van der Waals surface area contributed by atoms with Crippen molar-refractivity contribution in [2.75, 3.05) is 11.5 Å². The fourth-order valence-corrected chi connectivity index (χ4v) is 2.43. The predicted octanol–water partition coefficient (Wildman–Crippen LogP) is 2.11. The molecule has 1 aromatic heterocycles. The van der Waals surface area contributed by atoms with Crippen molar-refractivity contribution in [1.82, 2.24) is 20.2 Å². The van der Waals surface area contributed by atoms with Gasteiger partial charge in [0, 0.05) is 16.9 Å². The maximum absolute atomic E-state index is 6.05. The SMILES string of the molecule is Cc1cccc(C)c1-n1nnnc1-c1ccc(N)cc1N. The van der Waals surface area contributed by atoms with Gasteiger partial charge in [-0.2, -0.15) is 4.68 Å². The van der Waals surface area contributed by atoms with Crippen LogP contribution in [0, 0.1) is 13.8 Å². The molecular weight excluding hydrogens is 264 g/mol. The zero-order valence-corrected chi connectivity index (χ0v) is 11.9. The van der Waals surface area contributed by atoms with E-state index < -0.39 is 0 Å². The first-order chi connectivity index (χ1) is 10.1. The number of nitrogens with zero attached hydrogens (tertiary/aromatic N) is 4. The minimum atomic E-state index is 0.553. The van der Waals surface area contributed by atoms with Crippen LogP contribution in [0.1, 0.15) is 11.1 Å². The summed E-state index contributed by atoms with van der Waals surface area (Å²) in [6, 6.07) is 11.4. The van der Waals surface area contributed by atoms with Crippen molar-refractivity contribution in [3.05, 3.63) is 47.5 Å². The molecule has 0 spiro atoms. The first kappa shape index (κ1) is 13.1. The van der Waals surface area contributed by atoms with Crippen LogP contribution in [0.4, 0.5) is 11.4 Å². The molecule has 0 fully saturated rings. The number of rotatable bonds is 2. The second kappa shape index (κ2) is 4.90. The van der Waals surface area contributed by atoms with E-state index in [-0.39, 0.29) is 0 Å². The van der Waals surface area contributed by atoms with Crippen LogP contribution in [0.5, 0.6) is 0 Å².